The quantitative estimate of drug-likeness (QED) is 0.316. The Bertz CT molecular complexity index is 1450. The standard InChI is InChI=1S/C32H32FN5O3/c1-41-28-14-10-26(11-15-28)32(40)38(22-24-6-3-2-4-7-24)23-31(39)37-19-5-18-36(20-21-37)30-17-16-29(34-35-30)25-8-12-27(33)13-9-25/h2-4,6-17H,5,18-23H2,1H3. The molecule has 5 rings (SSSR count). The van der Waals surface area contributed by atoms with Crippen LogP contribution < -0.4 is 9.64 Å². The van der Waals surface area contributed by atoms with Crippen LogP contribution in [0, 0.1) is 5.82 Å². The average Bonchev–Trinajstić information content (AvgIpc) is 3.28. The lowest BCUT2D eigenvalue weighted by molar-refractivity contribution is -0.131. The van der Waals surface area contributed by atoms with Crippen LogP contribution in [0.3, 0.4) is 0 Å². The van der Waals surface area contributed by atoms with Gasteiger partial charge in [-0.2, -0.15) is 0 Å². The minimum atomic E-state index is -0.296. The van der Waals surface area contributed by atoms with Gasteiger partial charge in [0, 0.05) is 43.9 Å². The van der Waals surface area contributed by atoms with Gasteiger partial charge in [0.2, 0.25) is 5.91 Å². The lowest BCUT2D eigenvalue weighted by Gasteiger charge is -2.27. The van der Waals surface area contributed by atoms with Crippen molar-refractivity contribution in [2.75, 3.05) is 44.7 Å². The summed E-state index contributed by atoms with van der Waals surface area (Å²) in [5.41, 5.74) is 2.91. The van der Waals surface area contributed by atoms with Gasteiger partial charge < -0.3 is 19.4 Å². The average molecular weight is 554 g/mol. The normalized spacial score (nSPS) is 13.4. The maximum atomic E-state index is 13.5. The highest BCUT2D eigenvalue weighted by Crippen LogP contribution is 2.20. The maximum absolute atomic E-state index is 13.5. The van der Waals surface area contributed by atoms with Crippen LogP contribution in [-0.4, -0.2) is 71.6 Å². The molecule has 8 nitrogen and oxygen atoms in total. The van der Waals surface area contributed by atoms with Crippen LogP contribution in [0.4, 0.5) is 10.2 Å². The number of halogens is 1. The Hall–Kier alpha value is -4.79. The van der Waals surface area contributed by atoms with Crippen LogP contribution >= 0.6 is 0 Å². The molecular formula is C32H32FN5O3. The number of ether oxygens (including phenoxy) is 1. The van der Waals surface area contributed by atoms with Crippen molar-refractivity contribution in [3.63, 3.8) is 0 Å². The summed E-state index contributed by atoms with van der Waals surface area (Å²) >= 11 is 0. The molecule has 3 aromatic carbocycles. The van der Waals surface area contributed by atoms with Gasteiger partial charge in [-0.05, 0) is 72.6 Å². The van der Waals surface area contributed by atoms with Gasteiger partial charge in [-0.3, -0.25) is 9.59 Å². The van der Waals surface area contributed by atoms with E-state index in [9.17, 15) is 14.0 Å². The highest BCUT2D eigenvalue weighted by atomic mass is 19.1. The van der Waals surface area contributed by atoms with Crippen LogP contribution in [0.5, 0.6) is 5.75 Å². The molecule has 0 saturated carbocycles. The molecule has 2 amide bonds. The summed E-state index contributed by atoms with van der Waals surface area (Å²) in [6.45, 7) is 2.73. The summed E-state index contributed by atoms with van der Waals surface area (Å²) in [4.78, 5) is 32.5. The number of methoxy groups -OCH3 is 1. The number of rotatable bonds is 8. The molecule has 41 heavy (non-hydrogen) atoms. The van der Waals surface area contributed by atoms with Crippen molar-refractivity contribution in [2.45, 2.75) is 13.0 Å². The van der Waals surface area contributed by atoms with Crippen LogP contribution in [0.1, 0.15) is 22.3 Å². The number of aromatic nitrogens is 2. The number of nitrogens with zero attached hydrogens (tertiary/aromatic N) is 5. The topological polar surface area (TPSA) is 78.9 Å². The zero-order valence-electron chi connectivity index (χ0n) is 22.9. The monoisotopic (exact) mass is 553 g/mol. The molecule has 1 aliphatic heterocycles. The molecule has 0 unspecified atom stereocenters. The first-order chi connectivity index (χ1) is 20.0. The van der Waals surface area contributed by atoms with E-state index in [-0.39, 0.29) is 24.2 Å². The molecule has 0 bridgehead atoms. The zero-order chi connectivity index (χ0) is 28.6. The number of amides is 2. The lowest BCUT2D eigenvalue weighted by Crippen LogP contribution is -2.44. The van der Waals surface area contributed by atoms with E-state index in [4.69, 9.17) is 4.74 Å². The van der Waals surface area contributed by atoms with E-state index in [1.165, 1.54) is 12.1 Å². The van der Waals surface area contributed by atoms with Crippen LogP contribution in [0.2, 0.25) is 0 Å². The third kappa shape index (κ3) is 7.05. The Morgan fingerprint density at radius 1 is 0.854 bits per heavy atom. The first kappa shape index (κ1) is 27.8. The van der Waals surface area contributed by atoms with Gasteiger partial charge in [0.05, 0.1) is 12.8 Å². The molecular weight excluding hydrogens is 521 g/mol. The van der Waals surface area contributed by atoms with Crippen molar-refractivity contribution < 1.29 is 18.7 Å². The molecule has 1 aromatic heterocycles. The van der Waals surface area contributed by atoms with Crippen molar-refractivity contribution in [2.24, 2.45) is 0 Å². The van der Waals surface area contributed by atoms with E-state index in [1.807, 2.05) is 47.4 Å². The van der Waals surface area contributed by atoms with E-state index in [1.54, 1.807) is 48.4 Å². The van der Waals surface area contributed by atoms with Crippen LogP contribution in [-0.2, 0) is 11.3 Å². The van der Waals surface area contributed by atoms with E-state index in [0.29, 0.717) is 43.2 Å². The van der Waals surface area contributed by atoms with E-state index in [2.05, 4.69) is 15.1 Å². The molecule has 9 heteroatoms. The van der Waals surface area contributed by atoms with Crippen LogP contribution in [0.25, 0.3) is 11.3 Å². The minimum absolute atomic E-state index is 0.0219. The number of hydrogen-bond donors (Lipinski definition) is 0. The number of carbonyl (C=O) groups is 2. The van der Waals surface area contributed by atoms with Gasteiger partial charge in [0.25, 0.3) is 5.91 Å². The molecule has 1 fully saturated rings. The molecule has 4 aromatic rings. The van der Waals surface area contributed by atoms with E-state index < -0.39 is 0 Å². The summed E-state index contributed by atoms with van der Waals surface area (Å²) in [5, 5.41) is 8.72. The van der Waals surface area contributed by atoms with Gasteiger partial charge in [-0.25, -0.2) is 4.39 Å². The van der Waals surface area contributed by atoms with Crippen LogP contribution in [0.15, 0.2) is 91.0 Å². The SMILES string of the molecule is COc1ccc(C(=O)N(CC(=O)N2CCCN(c3ccc(-c4ccc(F)cc4)nn3)CC2)Cc2ccccc2)cc1. The molecule has 210 valence electrons. The largest absolute Gasteiger partial charge is 0.497 e. The second kappa shape index (κ2) is 13.0. The predicted molar refractivity (Wildman–Crippen MR) is 155 cm³/mol. The summed E-state index contributed by atoms with van der Waals surface area (Å²) in [5.74, 6) is 0.789. The molecule has 0 N–H and O–H groups in total. The van der Waals surface area contributed by atoms with E-state index >= 15 is 0 Å². The van der Waals surface area contributed by atoms with Gasteiger partial charge in [0.15, 0.2) is 5.82 Å². The highest BCUT2D eigenvalue weighted by molar-refractivity contribution is 5.96. The number of benzene rings is 3. The molecule has 1 saturated heterocycles. The second-order valence-electron chi connectivity index (χ2n) is 9.88. The number of anilines is 1. The second-order valence-corrected chi connectivity index (χ2v) is 9.88. The fourth-order valence-electron chi connectivity index (χ4n) is 4.85. The Labute approximate surface area is 239 Å². The number of hydrogen-bond acceptors (Lipinski definition) is 6. The molecule has 0 spiro atoms. The molecule has 0 radical (unpaired) electrons. The predicted octanol–water partition coefficient (Wildman–Crippen LogP) is 4.67. The van der Waals surface area contributed by atoms with Gasteiger partial charge in [-0.1, -0.05) is 30.3 Å². The number of carbonyl (C=O) groups excluding carboxylic acids is 2. The fraction of sp³-hybridized carbons (Fsp3) is 0.250. The van der Waals surface area contributed by atoms with Crippen molar-refractivity contribution >= 4 is 17.6 Å². The molecule has 0 atom stereocenters. The van der Waals surface area contributed by atoms with Crippen molar-refractivity contribution in [1.82, 2.24) is 20.0 Å². The lowest BCUT2D eigenvalue weighted by atomic mass is 10.1. The van der Waals surface area contributed by atoms with Crippen molar-refractivity contribution in [3.8, 4) is 17.0 Å². The Morgan fingerprint density at radius 2 is 1.61 bits per heavy atom. The maximum Gasteiger partial charge on any atom is 0.254 e. The third-order valence-electron chi connectivity index (χ3n) is 7.13. The third-order valence-corrected chi connectivity index (χ3v) is 7.13. The first-order valence-corrected chi connectivity index (χ1v) is 13.6. The molecule has 0 aliphatic carbocycles. The van der Waals surface area contributed by atoms with Crippen molar-refractivity contribution in [3.05, 3.63) is 108 Å². The Morgan fingerprint density at radius 3 is 2.29 bits per heavy atom. The highest BCUT2D eigenvalue weighted by Gasteiger charge is 2.25. The smallest absolute Gasteiger partial charge is 0.254 e. The summed E-state index contributed by atoms with van der Waals surface area (Å²) in [6, 6.07) is 26.5. The zero-order valence-corrected chi connectivity index (χ0v) is 22.9. The van der Waals surface area contributed by atoms with Gasteiger partial charge in [0.1, 0.15) is 18.1 Å². The van der Waals surface area contributed by atoms with E-state index in [0.717, 1.165) is 29.9 Å². The molecule has 1 aliphatic rings. The van der Waals surface area contributed by atoms with Crippen molar-refractivity contribution in [1.29, 1.82) is 0 Å². The Balaban J connectivity index is 1.24. The van der Waals surface area contributed by atoms with Gasteiger partial charge >= 0.3 is 0 Å². The first-order valence-electron chi connectivity index (χ1n) is 13.6. The summed E-state index contributed by atoms with van der Waals surface area (Å²) in [6.07, 6.45) is 0.762. The summed E-state index contributed by atoms with van der Waals surface area (Å²) < 4.78 is 18.5. The molecule has 2 heterocycles. The minimum Gasteiger partial charge on any atom is -0.497 e. The fourth-order valence-corrected chi connectivity index (χ4v) is 4.85. The van der Waals surface area contributed by atoms with Gasteiger partial charge in [-0.15, -0.1) is 10.2 Å². The Kier molecular flexibility index (Phi) is 8.83. The summed E-state index contributed by atoms with van der Waals surface area (Å²) in [7, 11) is 1.58.